The number of nitrogens with two attached hydrogens (primary N) is 1. The normalized spacial score (nSPS) is 10.5. The largest absolute Gasteiger partial charge is 0.351 e. The van der Waals surface area contributed by atoms with Crippen LogP contribution in [0, 0.1) is 13.8 Å². The molecule has 0 aliphatic rings. The van der Waals surface area contributed by atoms with Crippen molar-refractivity contribution in [3.05, 3.63) is 59.9 Å². The van der Waals surface area contributed by atoms with E-state index in [4.69, 9.17) is 5.73 Å². The molecule has 3 rings (SSSR count). The van der Waals surface area contributed by atoms with E-state index in [1.165, 1.54) is 0 Å². The maximum Gasteiger partial charge on any atom is 0.317 e. The van der Waals surface area contributed by atoms with Crippen molar-refractivity contribution in [3.63, 3.8) is 0 Å². The van der Waals surface area contributed by atoms with Crippen LogP contribution in [0.4, 0.5) is 10.6 Å². The number of para-hydroxylation sites is 1. The van der Waals surface area contributed by atoms with Gasteiger partial charge in [0, 0.05) is 23.0 Å². The van der Waals surface area contributed by atoms with Crippen LogP contribution >= 0.6 is 0 Å². The highest BCUT2D eigenvalue weighted by atomic mass is 16.2. The molecule has 116 valence electrons. The molecule has 1 aromatic carbocycles. The number of hydrogen-bond donors (Lipinski definition) is 2. The molecule has 0 aliphatic carbocycles. The van der Waals surface area contributed by atoms with E-state index in [1.807, 2.05) is 56.3 Å². The number of urea groups is 1. The molecule has 2 heterocycles. The fourth-order valence-electron chi connectivity index (χ4n) is 2.48. The van der Waals surface area contributed by atoms with Crippen molar-refractivity contribution >= 4 is 11.8 Å². The van der Waals surface area contributed by atoms with Gasteiger partial charge < -0.3 is 5.73 Å². The average molecular weight is 307 g/mol. The summed E-state index contributed by atoms with van der Waals surface area (Å²) < 4.78 is 1.69. The summed E-state index contributed by atoms with van der Waals surface area (Å²) in [6.07, 6.45) is 1.74. The highest BCUT2D eigenvalue weighted by molar-refractivity contribution is 5.89. The lowest BCUT2D eigenvalue weighted by atomic mass is 10.1. The molecule has 3 N–H and O–H groups in total. The standard InChI is InChI=1S/C17H17N5O/c1-11-10-13(8-9-19-11)15-12(2)16(20-17(18)23)22(21-15)14-6-4-3-5-7-14/h3-10H,1-2H3,(H3,18,20,23). The molecule has 0 saturated heterocycles. The Morgan fingerprint density at radius 3 is 2.57 bits per heavy atom. The quantitative estimate of drug-likeness (QED) is 0.779. The number of amides is 2. The van der Waals surface area contributed by atoms with E-state index in [0.29, 0.717) is 5.82 Å². The van der Waals surface area contributed by atoms with E-state index in [-0.39, 0.29) is 0 Å². The van der Waals surface area contributed by atoms with Gasteiger partial charge in [-0.25, -0.2) is 9.48 Å². The number of carbonyl (C=O) groups excluding carboxylic acids is 1. The second kappa shape index (κ2) is 5.92. The molecule has 6 nitrogen and oxygen atoms in total. The first kappa shape index (κ1) is 14.8. The summed E-state index contributed by atoms with van der Waals surface area (Å²) in [6, 6.07) is 12.8. The van der Waals surface area contributed by atoms with E-state index >= 15 is 0 Å². The number of hydrogen-bond acceptors (Lipinski definition) is 3. The lowest BCUT2D eigenvalue weighted by Gasteiger charge is -2.07. The van der Waals surface area contributed by atoms with Gasteiger partial charge >= 0.3 is 6.03 Å². The minimum atomic E-state index is -0.623. The topological polar surface area (TPSA) is 85.8 Å². The summed E-state index contributed by atoms with van der Waals surface area (Å²) in [5.74, 6) is 0.563. The Morgan fingerprint density at radius 1 is 1.17 bits per heavy atom. The molecule has 6 heteroatoms. The maximum atomic E-state index is 11.4. The maximum absolute atomic E-state index is 11.4. The Labute approximate surface area is 134 Å². The number of nitrogens with zero attached hydrogens (tertiary/aromatic N) is 3. The molecule has 0 saturated carbocycles. The Morgan fingerprint density at radius 2 is 1.91 bits per heavy atom. The summed E-state index contributed by atoms with van der Waals surface area (Å²) in [5, 5.41) is 7.33. The second-order valence-electron chi connectivity index (χ2n) is 5.24. The second-order valence-corrected chi connectivity index (χ2v) is 5.24. The fraction of sp³-hybridized carbons (Fsp3) is 0.118. The van der Waals surface area contributed by atoms with E-state index in [1.54, 1.807) is 10.9 Å². The Hall–Kier alpha value is -3.15. The molecule has 0 unspecified atom stereocenters. The molecule has 0 spiro atoms. The number of anilines is 1. The van der Waals surface area contributed by atoms with Crippen LogP contribution in [0.2, 0.25) is 0 Å². The molecule has 0 aliphatic heterocycles. The predicted molar refractivity (Wildman–Crippen MR) is 89.5 cm³/mol. The van der Waals surface area contributed by atoms with Crippen molar-refractivity contribution in [2.45, 2.75) is 13.8 Å². The van der Waals surface area contributed by atoms with Crippen LogP contribution in [0.25, 0.3) is 16.9 Å². The van der Waals surface area contributed by atoms with Gasteiger partial charge in [-0.15, -0.1) is 0 Å². The Bertz CT molecular complexity index is 855. The zero-order chi connectivity index (χ0) is 16.4. The van der Waals surface area contributed by atoms with Crippen LogP contribution in [-0.2, 0) is 0 Å². The summed E-state index contributed by atoms with van der Waals surface area (Å²) in [7, 11) is 0. The number of primary amides is 1. The third kappa shape index (κ3) is 2.91. The van der Waals surface area contributed by atoms with Crippen LogP contribution in [0.5, 0.6) is 0 Å². The van der Waals surface area contributed by atoms with Gasteiger partial charge in [-0.1, -0.05) is 18.2 Å². The highest BCUT2D eigenvalue weighted by Gasteiger charge is 2.18. The van der Waals surface area contributed by atoms with E-state index in [0.717, 1.165) is 28.2 Å². The van der Waals surface area contributed by atoms with E-state index in [2.05, 4.69) is 15.4 Å². The highest BCUT2D eigenvalue weighted by Crippen LogP contribution is 2.30. The van der Waals surface area contributed by atoms with E-state index < -0.39 is 6.03 Å². The number of nitrogens with one attached hydrogen (secondary N) is 1. The van der Waals surface area contributed by atoms with Crippen molar-refractivity contribution in [2.24, 2.45) is 5.73 Å². The lowest BCUT2D eigenvalue weighted by molar-refractivity contribution is 0.259. The number of aromatic nitrogens is 3. The smallest absolute Gasteiger partial charge is 0.317 e. The van der Waals surface area contributed by atoms with Gasteiger partial charge in [-0.2, -0.15) is 5.10 Å². The van der Waals surface area contributed by atoms with Crippen molar-refractivity contribution < 1.29 is 4.79 Å². The number of benzene rings is 1. The molecule has 2 aromatic heterocycles. The molecule has 2 amide bonds. The van der Waals surface area contributed by atoms with Crippen LogP contribution in [0.15, 0.2) is 48.7 Å². The average Bonchev–Trinajstić information content (AvgIpc) is 2.85. The number of pyridine rings is 1. The number of carbonyl (C=O) groups is 1. The zero-order valence-corrected chi connectivity index (χ0v) is 12.9. The SMILES string of the molecule is Cc1cc(-c2nn(-c3ccccc3)c(NC(N)=O)c2C)ccn1. The zero-order valence-electron chi connectivity index (χ0n) is 12.9. The molecule has 0 atom stereocenters. The fourth-order valence-corrected chi connectivity index (χ4v) is 2.48. The lowest BCUT2D eigenvalue weighted by Crippen LogP contribution is -2.21. The van der Waals surface area contributed by atoms with Crippen LogP contribution in [0.1, 0.15) is 11.3 Å². The molecule has 0 radical (unpaired) electrons. The van der Waals surface area contributed by atoms with Crippen molar-refractivity contribution in [1.82, 2.24) is 14.8 Å². The first-order chi connectivity index (χ1) is 11.1. The molecule has 0 bridgehead atoms. The molecule has 0 fully saturated rings. The first-order valence-electron chi connectivity index (χ1n) is 7.21. The number of aryl methyl sites for hydroxylation is 1. The van der Waals surface area contributed by atoms with Crippen molar-refractivity contribution in [3.8, 4) is 16.9 Å². The third-order valence-corrected chi connectivity index (χ3v) is 3.53. The van der Waals surface area contributed by atoms with Gasteiger partial charge in [-0.05, 0) is 38.1 Å². The summed E-state index contributed by atoms with van der Waals surface area (Å²) in [4.78, 5) is 15.6. The summed E-state index contributed by atoms with van der Waals surface area (Å²) >= 11 is 0. The molecule has 3 aromatic rings. The van der Waals surface area contributed by atoms with Gasteiger partial charge in [0.25, 0.3) is 0 Å². The summed E-state index contributed by atoms with van der Waals surface area (Å²) in [5.41, 5.74) is 9.63. The van der Waals surface area contributed by atoms with Crippen LogP contribution in [0.3, 0.4) is 0 Å². The van der Waals surface area contributed by atoms with Crippen molar-refractivity contribution in [2.75, 3.05) is 5.32 Å². The Balaban J connectivity index is 2.19. The first-order valence-corrected chi connectivity index (χ1v) is 7.21. The van der Waals surface area contributed by atoms with E-state index in [9.17, 15) is 4.79 Å². The molecular formula is C17H17N5O. The number of rotatable bonds is 3. The van der Waals surface area contributed by atoms with Gasteiger partial charge in [0.15, 0.2) is 0 Å². The summed E-state index contributed by atoms with van der Waals surface area (Å²) in [6.45, 7) is 3.83. The van der Waals surface area contributed by atoms with Crippen LogP contribution in [-0.4, -0.2) is 20.8 Å². The minimum Gasteiger partial charge on any atom is -0.351 e. The minimum absolute atomic E-state index is 0.563. The Kier molecular flexibility index (Phi) is 3.80. The van der Waals surface area contributed by atoms with Crippen LogP contribution < -0.4 is 11.1 Å². The van der Waals surface area contributed by atoms with Gasteiger partial charge in [0.2, 0.25) is 0 Å². The van der Waals surface area contributed by atoms with Crippen molar-refractivity contribution in [1.29, 1.82) is 0 Å². The monoisotopic (exact) mass is 307 g/mol. The van der Waals surface area contributed by atoms with Gasteiger partial charge in [0.1, 0.15) is 5.82 Å². The third-order valence-electron chi connectivity index (χ3n) is 3.53. The molecule has 23 heavy (non-hydrogen) atoms. The van der Waals surface area contributed by atoms with Gasteiger partial charge in [-0.3, -0.25) is 10.3 Å². The van der Waals surface area contributed by atoms with Gasteiger partial charge in [0.05, 0.1) is 11.4 Å². The molecular weight excluding hydrogens is 290 g/mol. The predicted octanol–water partition coefficient (Wildman–Crippen LogP) is 3.04.